The molecule has 3 rings (SSSR count). The van der Waals surface area contributed by atoms with Gasteiger partial charge in [0.2, 0.25) is 10.0 Å². The van der Waals surface area contributed by atoms with Crippen LogP contribution in [0.1, 0.15) is 5.56 Å². The minimum atomic E-state index is -3.70. The Labute approximate surface area is 168 Å². The molecule has 1 aliphatic rings. The maximum absolute atomic E-state index is 13.6. The van der Waals surface area contributed by atoms with E-state index in [0.717, 1.165) is 0 Å². The van der Waals surface area contributed by atoms with Crippen LogP contribution in [0.2, 0.25) is 5.02 Å². The first-order valence-corrected chi connectivity index (χ1v) is 10.7. The van der Waals surface area contributed by atoms with E-state index >= 15 is 0 Å². The minimum absolute atomic E-state index is 0.0689. The summed E-state index contributed by atoms with van der Waals surface area (Å²) in [5, 5.41) is 2.93. The van der Waals surface area contributed by atoms with Gasteiger partial charge in [-0.3, -0.25) is 0 Å². The standard InChI is InChI=1S/C19H21ClFN3O3S/c20-16-6-2-4-8-18(16)28(26,27)24-13-11-23(12-14-24)19(25)22-10-9-15-5-1-3-7-17(15)21/h1-8H,9-14H2,(H,22,25). The van der Waals surface area contributed by atoms with Gasteiger partial charge in [0.05, 0.1) is 5.02 Å². The van der Waals surface area contributed by atoms with Crippen molar-refractivity contribution in [3.8, 4) is 0 Å². The number of hydrogen-bond donors (Lipinski definition) is 1. The third-order valence-electron chi connectivity index (χ3n) is 4.61. The highest BCUT2D eigenvalue weighted by Gasteiger charge is 2.31. The molecule has 0 atom stereocenters. The molecule has 1 saturated heterocycles. The number of amides is 2. The van der Waals surface area contributed by atoms with E-state index in [-0.39, 0.29) is 47.9 Å². The molecule has 28 heavy (non-hydrogen) atoms. The number of rotatable bonds is 5. The number of nitrogens with zero attached hydrogens (tertiary/aromatic N) is 2. The number of nitrogens with one attached hydrogen (secondary N) is 1. The van der Waals surface area contributed by atoms with E-state index in [9.17, 15) is 17.6 Å². The monoisotopic (exact) mass is 425 g/mol. The average molecular weight is 426 g/mol. The molecule has 1 N–H and O–H groups in total. The number of hydrogen-bond acceptors (Lipinski definition) is 3. The van der Waals surface area contributed by atoms with Crippen LogP contribution in [0.3, 0.4) is 0 Å². The van der Waals surface area contributed by atoms with Gasteiger partial charge in [0.1, 0.15) is 10.7 Å². The fraction of sp³-hybridized carbons (Fsp3) is 0.316. The molecule has 0 bridgehead atoms. The van der Waals surface area contributed by atoms with Crippen LogP contribution in [0.15, 0.2) is 53.4 Å². The highest BCUT2D eigenvalue weighted by atomic mass is 35.5. The Morgan fingerprint density at radius 3 is 2.36 bits per heavy atom. The Morgan fingerprint density at radius 1 is 1.04 bits per heavy atom. The molecule has 0 unspecified atom stereocenters. The number of urea groups is 1. The van der Waals surface area contributed by atoms with E-state index in [4.69, 9.17) is 11.6 Å². The number of carbonyl (C=O) groups excluding carboxylic acids is 1. The molecule has 1 aliphatic heterocycles. The molecule has 6 nitrogen and oxygen atoms in total. The summed E-state index contributed by atoms with van der Waals surface area (Å²) in [5.41, 5.74) is 0.540. The third kappa shape index (κ3) is 4.63. The zero-order valence-corrected chi connectivity index (χ0v) is 16.7. The highest BCUT2D eigenvalue weighted by molar-refractivity contribution is 7.89. The van der Waals surface area contributed by atoms with Gasteiger partial charge in [-0.05, 0) is 30.2 Å². The molecule has 2 aromatic carbocycles. The van der Waals surface area contributed by atoms with Crippen LogP contribution in [0.5, 0.6) is 0 Å². The van der Waals surface area contributed by atoms with Crippen molar-refractivity contribution in [2.45, 2.75) is 11.3 Å². The van der Waals surface area contributed by atoms with Gasteiger partial charge in [-0.15, -0.1) is 0 Å². The van der Waals surface area contributed by atoms with E-state index in [2.05, 4.69) is 5.32 Å². The summed E-state index contributed by atoms with van der Waals surface area (Å²) in [6.07, 6.45) is 0.388. The predicted molar refractivity (Wildman–Crippen MR) is 105 cm³/mol. The van der Waals surface area contributed by atoms with Gasteiger partial charge in [0, 0.05) is 32.7 Å². The smallest absolute Gasteiger partial charge is 0.317 e. The molecular formula is C19H21ClFN3O3S. The lowest BCUT2D eigenvalue weighted by molar-refractivity contribution is 0.172. The topological polar surface area (TPSA) is 69.7 Å². The summed E-state index contributed by atoms with van der Waals surface area (Å²) in [7, 11) is -3.70. The maximum Gasteiger partial charge on any atom is 0.317 e. The molecule has 0 radical (unpaired) electrons. The molecule has 150 valence electrons. The van der Waals surface area contributed by atoms with Crippen LogP contribution in [-0.2, 0) is 16.4 Å². The van der Waals surface area contributed by atoms with Crippen molar-refractivity contribution < 1.29 is 17.6 Å². The third-order valence-corrected chi connectivity index (χ3v) is 7.01. The van der Waals surface area contributed by atoms with Crippen molar-refractivity contribution in [2.75, 3.05) is 32.7 Å². The lowest BCUT2D eigenvalue weighted by Crippen LogP contribution is -2.53. The van der Waals surface area contributed by atoms with Crippen molar-refractivity contribution in [3.63, 3.8) is 0 Å². The average Bonchev–Trinajstić information content (AvgIpc) is 2.69. The maximum atomic E-state index is 13.6. The van der Waals surface area contributed by atoms with Gasteiger partial charge in [0.25, 0.3) is 0 Å². The van der Waals surface area contributed by atoms with Gasteiger partial charge >= 0.3 is 6.03 Å². The fourth-order valence-electron chi connectivity index (χ4n) is 3.04. The van der Waals surface area contributed by atoms with E-state index in [1.807, 2.05) is 0 Å². The first kappa shape index (κ1) is 20.6. The molecule has 0 saturated carbocycles. The lowest BCUT2D eigenvalue weighted by Gasteiger charge is -2.34. The largest absolute Gasteiger partial charge is 0.338 e. The second-order valence-corrected chi connectivity index (χ2v) is 8.71. The molecule has 9 heteroatoms. The molecule has 1 fully saturated rings. The molecular weight excluding hydrogens is 405 g/mol. The van der Waals surface area contributed by atoms with Crippen molar-refractivity contribution in [3.05, 3.63) is 64.9 Å². The van der Waals surface area contributed by atoms with Gasteiger partial charge in [-0.25, -0.2) is 17.6 Å². The van der Waals surface area contributed by atoms with E-state index in [1.54, 1.807) is 35.2 Å². The molecule has 0 aromatic heterocycles. The molecule has 0 spiro atoms. The Bertz CT molecular complexity index is 947. The highest BCUT2D eigenvalue weighted by Crippen LogP contribution is 2.25. The van der Waals surface area contributed by atoms with Crippen LogP contribution in [0, 0.1) is 5.82 Å². The number of halogens is 2. The van der Waals surface area contributed by atoms with Crippen molar-refractivity contribution in [1.82, 2.24) is 14.5 Å². The van der Waals surface area contributed by atoms with Crippen molar-refractivity contribution in [2.24, 2.45) is 0 Å². The Kier molecular flexibility index (Phi) is 6.53. The van der Waals surface area contributed by atoms with Gasteiger partial charge in [-0.2, -0.15) is 4.31 Å². The summed E-state index contributed by atoms with van der Waals surface area (Å²) in [6.45, 7) is 1.23. The zero-order chi connectivity index (χ0) is 20.1. The summed E-state index contributed by atoms with van der Waals surface area (Å²) < 4.78 is 40.4. The fourth-order valence-corrected chi connectivity index (χ4v) is 4.96. The quantitative estimate of drug-likeness (QED) is 0.800. The SMILES string of the molecule is O=C(NCCc1ccccc1F)N1CCN(S(=O)(=O)c2ccccc2Cl)CC1. The number of carbonyl (C=O) groups is 1. The number of sulfonamides is 1. The number of piperazine rings is 1. The Morgan fingerprint density at radius 2 is 1.68 bits per heavy atom. The number of benzene rings is 2. The first-order valence-electron chi connectivity index (χ1n) is 8.90. The first-order chi connectivity index (χ1) is 13.4. The van der Waals surface area contributed by atoms with Gasteiger partial charge in [0.15, 0.2) is 0 Å². The summed E-state index contributed by atoms with van der Waals surface area (Å²) in [6, 6.07) is 12.4. The van der Waals surface area contributed by atoms with Gasteiger partial charge in [-0.1, -0.05) is 41.9 Å². The van der Waals surface area contributed by atoms with Crippen LogP contribution in [0.25, 0.3) is 0 Å². The normalized spacial score (nSPS) is 15.4. The van der Waals surface area contributed by atoms with E-state index in [1.165, 1.54) is 22.5 Å². The van der Waals surface area contributed by atoms with Crippen LogP contribution < -0.4 is 5.32 Å². The molecule has 0 aliphatic carbocycles. The van der Waals surface area contributed by atoms with Crippen LogP contribution in [0.4, 0.5) is 9.18 Å². The predicted octanol–water partition coefficient (Wildman–Crippen LogP) is 2.74. The second kappa shape index (κ2) is 8.89. The lowest BCUT2D eigenvalue weighted by atomic mass is 10.1. The second-order valence-electron chi connectivity index (χ2n) is 6.39. The molecule has 2 aromatic rings. The molecule has 1 heterocycles. The summed E-state index contributed by atoms with van der Waals surface area (Å²) >= 11 is 6.02. The van der Waals surface area contributed by atoms with E-state index in [0.29, 0.717) is 18.5 Å². The minimum Gasteiger partial charge on any atom is -0.338 e. The van der Waals surface area contributed by atoms with Crippen LogP contribution in [-0.4, -0.2) is 56.4 Å². The van der Waals surface area contributed by atoms with E-state index < -0.39 is 10.0 Å². The van der Waals surface area contributed by atoms with Crippen molar-refractivity contribution >= 4 is 27.7 Å². The van der Waals surface area contributed by atoms with Crippen LogP contribution >= 0.6 is 11.6 Å². The Balaban J connectivity index is 1.51. The molecule has 2 amide bonds. The van der Waals surface area contributed by atoms with Crippen molar-refractivity contribution in [1.29, 1.82) is 0 Å². The zero-order valence-electron chi connectivity index (χ0n) is 15.1. The Hall–Kier alpha value is -2.16. The van der Waals surface area contributed by atoms with Gasteiger partial charge < -0.3 is 10.2 Å². The summed E-state index contributed by atoms with van der Waals surface area (Å²) in [5.74, 6) is -0.296. The summed E-state index contributed by atoms with van der Waals surface area (Å²) in [4.78, 5) is 13.9.